The van der Waals surface area contributed by atoms with Crippen molar-refractivity contribution in [2.24, 2.45) is 0 Å². The quantitative estimate of drug-likeness (QED) is 0.817. The van der Waals surface area contributed by atoms with Crippen LogP contribution in [0.5, 0.6) is 11.6 Å². The lowest BCUT2D eigenvalue weighted by atomic mass is 10.2. The Morgan fingerprint density at radius 1 is 1.10 bits per heavy atom. The van der Waals surface area contributed by atoms with Crippen LogP contribution in [0.3, 0.4) is 0 Å². The number of benzene rings is 1. The number of aromatic nitrogens is 1. The second-order valence-electron chi connectivity index (χ2n) is 3.94. The second kappa shape index (κ2) is 5.87. The zero-order valence-corrected chi connectivity index (χ0v) is 12.4. The van der Waals surface area contributed by atoms with E-state index in [0.717, 1.165) is 0 Å². The van der Waals surface area contributed by atoms with E-state index >= 15 is 0 Å². The van der Waals surface area contributed by atoms with Crippen LogP contribution in [0.15, 0.2) is 24.3 Å². The van der Waals surface area contributed by atoms with Gasteiger partial charge in [0.05, 0.1) is 20.6 Å². The number of carboxylic acids is 1. The molecule has 0 bridgehead atoms. The standard InChI is InChI=1S/C13H8Cl3NO3/c1-6-2-7(13(18)19)3-12(17-6)20-11-5-9(15)8(14)4-10(11)16/h2-5H,1H3,(H,18,19). The van der Waals surface area contributed by atoms with E-state index in [1.165, 1.54) is 24.3 Å². The molecule has 1 aromatic heterocycles. The number of carboxylic acid groups (broad SMARTS) is 1. The highest BCUT2D eigenvalue weighted by atomic mass is 35.5. The number of carbonyl (C=O) groups is 1. The maximum absolute atomic E-state index is 11.0. The van der Waals surface area contributed by atoms with Gasteiger partial charge in [0.2, 0.25) is 5.88 Å². The topological polar surface area (TPSA) is 59.4 Å². The molecular weight excluding hydrogens is 325 g/mol. The van der Waals surface area contributed by atoms with Crippen LogP contribution in [-0.2, 0) is 0 Å². The summed E-state index contributed by atoms with van der Waals surface area (Å²) in [7, 11) is 0. The molecule has 0 amide bonds. The van der Waals surface area contributed by atoms with Crippen molar-refractivity contribution in [1.29, 1.82) is 0 Å². The van der Waals surface area contributed by atoms with E-state index in [-0.39, 0.29) is 27.2 Å². The van der Waals surface area contributed by atoms with Gasteiger partial charge in [-0.25, -0.2) is 9.78 Å². The van der Waals surface area contributed by atoms with Crippen molar-refractivity contribution in [2.45, 2.75) is 6.92 Å². The molecule has 0 saturated heterocycles. The largest absolute Gasteiger partial charge is 0.478 e. The molecule has 0 radical (unpaired) electrons. The first-order valence-corrected chi connectivity index (χ1v) is 6.54. The average Bonchev–Trinajstić information content (AvgIpc) is 2.35. The van der Waals surface area contributed by atoms with Crippen LogP contribution in [0.25, 0.3) is 0 Å². The molecule has 2 rings (SSSR count). The van der Waals surface area contributed by atoms with Gasteiger partial charge in [-0.1, -0.05) is 34.8 Å². The molecule has 2 aromatic rings. The first-order chi connectivity index (χ1) is 9.36. The van der Waals surface area contributed by atoms with Crippen LogP contribution in [-0.4, -0.2) is 16.1 Å². The Kier molecular flexibility index (Phi) is 4.38. The summed E-state index contributed by atoms with van der Waals surface area (Å²) in [5.41, 5.74) is 0.583. The lowest BCUT2D eigenvalue weighted by molar-refractivity contribution is 0.0696. The monoisotopic (exact) mass is 331 g/mol. The van der Waals surface area contributed by atoms with Gasteiger partial charge < -0.3 is 9.84 Å². The molecule has 0 fully saturated rings. The zero-order chi connectivity index (χ0) is 14.9. The molecule has 4 nitrogen and oxygen atoms in total. The number of hydrogen-bond acceptors (Lipinski definition) is 3. The molecule has 1 aromatic carbocycles. The summed E-state index contributed by atoms with van der Waals surface area (Å²) in [6.45, 7) is 1.66. The van der Waals surface area contributed by atoms with Crippen LogP contribution in [0.4, 0.5) is 0 Å². The van der Waals surface area contributed by atoms with Gasteiger partial charge in [0.25, 0.3) is 0 Å². The Morgan fingerprint density at radius 2 is 1.75 bits per heavy atom. The van der Waals surface area contributed by atoms with Crippen molar-refractivity contribution < 1.29 is 14.6 Å². The van der Waals surface area contributed by atoms with Crippen molar-refractivity contribution in [3.63, 3.8) is 0 Å². The number of rotatable bonds is 3. The van der Waals surface area contributed by atoms with Crippen LogP contribution in [0, 0.1) is 6.92 Å². The molecule has 0 aliphatic carbocycles. The van der Waals surface area contributed by atoms with E-state index in [2.05, 4.69) is 4.98 Å². The third-order valence-corrected chi connectivity index (χ3v) is 3.38. The van der Waals surface area contributed by atoms with E-state index in [1.54, 1.807) is 6.92 Å². The van der Waals surface area contributed by atoms with Gasteiger partial charge in [0, 0.05) is 17.8 Å². The summed E-state index contributed by atoms with van der Waals surface area (Å²) in [5.74, 6) is -0.709. The number of nitrogens with zero attached hydrogens (tertiary/aromatic N) is 1. The molecular formula is C13H8Cl3NO3. The van der Waals surface area contributed by atoms with Gasteiger partial charge in [0.1, 0.15) is 5.75 Å². The maximum Gasteiger partial charge on any atom is 0.335 e. The predicted molar refractivity (Wildman–Crippen MR) is 77.5 cm³/mol. The SMILES string of the molecule is Cc1cc(C(=O)O)cc(Oc2cc(Cl)c(Cl)cc2Cl)n1. The fourth-order valence-corrected chi connectivity index (χ4v) is 2.08. The number of aryl methyl sites for hydroxylation is 1. The molecule has 20 heavy (non-hydrogen) atoms. The van der Waals surface area contributed by atoms with Gasteiger partial charge in [-0.05, 0) is 19.1 Å². The fraction of sp³-hybridized carbons (Fsp3) is 0.0769. The molecule has 7 heteroatoms. The van der Waals surface area contributed by atoms with E-state index in [1.807, 2.05) is 0 Å². The first-order valence-electron chi connectivity index (χ1n) is 5.41. The smallest absolute Gasteiger partial charge is 0.335 e. The third kappa shape index (κ3) is 3.33. The summed E-state index contributed by atoms with van der Waals surface area (Å²) in [6, 6.07) is 5.62. The van der Waals surface area contributed by atoms with Crippen LogP contribution in [0.1, 0.15) is 16.1 Å². The van der Waals surface area contributed by atoms with Gasteiger partial charge >= 0.3 is 5.97 Å². The third-order valence-electron chi connectivity index (χ3n) is 2.37. The summed E-state index contributed by atoms with van der Waals surface area (Å²) in [4.78, 5) is 15.1. The van der Waals surface area contributed by atoms with E-state index < -0.39 is 5.97 Å². The number of hydrogen-bond donors (Lipinski definition) is 1. The van der Waals surface area contributed by atoms with E-state index in [4.69, 9.17) is 44.6 Å². The minimum absolute atomic E-state index is 0.0729. The molecule has 0 unspecified atom stereocenters. The highest BCUT2D eigenvalue weighted by molar-refractivity contribution is 6.43. The Morgan fingerprint density at radius 3 is 2.40 bits per heavy atom. The van der Waals surface area contributed by atoms with Crippen molar-refractivity contribution in [3.05, 3.63) is 50.6 Å². The van der Waals surface area contributed by atoms with Crippen LogP contribution in [0.2, 0.25) is 15.1 Å². The van der Waals surface area contributed by atoms with E-state index in [0.29, 0.717) is 10.7 Å². The number of pyridine rings is 1. The van der Waals surface area contributed by atoms with Crippen LogP contribution >= 0.6 is 34.8 Å². The van der Waals surface area contributed by atoms with Gasteiger partial charge in [-0.15, -0.1) is 0 Å². The lowest BCUT2D eigenvalue weighted by Crippen LogP contribution is -2.00. The minimum atomic E-state index is -1.07. The van der Waals surface area contributed by atoms with Gasteiger partial charge in [-0.3, -0.25) is 0 Å². The van der Waals surface area contributed by atoms with Crippen LogP contribution < -0.4 is 4.74 Å². The Hall–Kier alpha value is -1.49. The Bertz CT molecular complexity index is 689. The Labute approximate surface area is 129 Å². The van der Waals surface area contributed by atoms with E-state index in [9.17, 15) is 4.79 Å². The fourth-order valence-electron chi connectivity index (χ4n) is 1.51. The summed E-state index contributed by atoms with van der Waals surface area (Å²) >= 11 is 17.7. The highest BCUT2D eigenvalue weighted by Gasteiger charge is 2.12. The van der Waals surface area contributed by atoms with Crippen molar-refractivity contribution in [1.82, 2.24) is 4.98 Å². The van der Waals surface area contributed by atoms with Crippen molar-refractivity contribution >= 4 is 40.8 Å². The molecule has 1 N–H and O–H groups in total. The van der Waals surface area contributed by atoms with Crippen molar-refractivity contribution in [2.75, 3.05) is 0 Å². The minimum Gasteiger partial charge on any atom is -0.478 e. The summed E-state index contributed by atoms with van der Waals surface area (Å²) in [6.07, 6.45) is 0. The number of ether oxygens (including phenoxy) is 1. The zero-order valence-electron chi connectivity index (χ0n) is 10.2. The normalized spacial score (nSPS) is 10.4. The van der Waals surface area contributed by atoms with Gasteiger partial charge in [0.15, 0.2) is 0 Å². The summed E-state index contributed by atoms with van der Waals surface area (Å²) < 4.78 is 5.47. The molecule has 0 aliphatic heterocycles. The second-order valence-corrected chi connectivity index (χ2v) is 5.16. The Balaban J connectivity index is 2.40. The average molecular weight is 333 g/mol. The predicted octanol–water partition coefficient (Wildman–Crippen LogP) is 4.84. The summed E-state index contributed by atoms with van der Waals surface area (Å²) in [5, 5.41) is 9.81. The molecule has 0 spiro atoms. The van der Waals surface area contributed by atoms with Gasteiger partial charge in [-0.2, -0.15) is 0 Å². The lowest BCUT2D eigenvalue weighted by Gasteiger charge is -2.09. The maximum atomic E-state index is 11.0. The first kappa shape index (κ1) is 14.9. The molecule has 0 saturated carbocycles. The highest BCUT2D eigenvalue weighted by Crippen LogP contribution is 2.36. The molecule has 1 heterocycles. The molecule has 0 aliphatic rings. The molecule has 104 valence electrons. The molecule has 0 atom stereocenters. The number of aromatic carboxylic acids is 1. The van der Waals surface area contributed by atoms with Crippen molar-refractivity contribution in [3.8, 4) is 11.6 Å². The number of halogens is 3.